The van der Waals surface area contributed by atoms with Gasteiger partial charge in [0, 0.05) is 5.71 Å². The van der Waals surface area contributed by atoms with Crippen LogP contribution in [0, 0.1) is 12.3 Å². The quantitative estimate of drug-likeness (QED) is 0.645. The minimum Gasteiger partial charge on any atom is -0.305 e. The molecular weight excluding hydrogens is 146 g/mol. The van der Waals surface area contributed by atoms with Gasteiger partial charge in [-0.25, -0.2) is 0 Å². The summed E-state index contributed by atoms with van der Waals surface area (Å²) in [5.74, 6) is 0. The maximum Gasteiger partial charge on any atom is 0.0355 e. The average Bonchev–Trinajstić information content (AvgIpc) is 2.04. The van der Waals surface area contributed by atoms with Gasteiger partial charge in [0.2, 0.25) is 0 Å². The first-order chi connectivity index (χ1) is 5.65. The fraction of sp³-hybridized carbons (Fsp3) is 0.364. The number of aryl methyl sites for hydroxylation is 2. The van der Waals surface area contributed by atoms with E-state index in [1.807, 2.05) is 13.0 Å². The Morgan fingerprint density at radius 2 is 2.08 bits per heavy atom. The van der Waals surface area contributed by atoms with Gasteiger partial charge in [-0.1, -0.05) is 19.1 Å². The van der Waals surface area contributed by atoms with E-state index in [0.717, 1.165) is 12.0 Å². The summed E-state index contributed by atoms with van der Waals surface area (Å²) in [4.78, 5) is 0. The molecule has 0 radical (unpaired) electrons. The lowest BCUT2D eigenvalue weighted by atomic mass is 10.0. The van der Waals surface area contributed by atoms with Crippen molar-refractivity contribution in [3.05, 3.63) is 34.9 Å². The Kier molecular flexibility index (Phi) is 2.64. The predicted octanol–water partition coefficient (Wildman–Crippen LogP) is 2.95. The summed E-state index contributed by atoms with van der Waals surface area (Å²) >= 11 is 0. The van der Waals surface area contributed by atoms with Crippen LogP contribution in [0.25, 0.3) is 0 Å². The second kappa shape index (κ2) is 3.53. The monoisotopic (exact) mass is 161 g/mol. The number of hydrogen-bond donors (Lipinski definition) is 1. The van der Waals surface area contributed by atoms with E-state index >= 15 is 0 Å². The van der Waals surface area contributed by atoms with Crippen LogP contribution < -0.4 is 0 Å². The topological polar surface area (TPSA) is 23.9 Å². The molecule has 0 saturated carbocycles. The normalized spacial score (nSPS) is 9.92. The highest BCUT2D eigenvalue weighted by Gasteiger charge is 1.98. The van der Waals surface area contributed by atoms with Crippen molar-refractivity contribution in [1.29, 1.82) is 5.41 Å². The summed E-state index contributed by atoms with van der Waals surface area (Å²) in [6, 6.07) is 6.22. The zero-order valence-corrected chi connectivity index (χ0v) is 7.94. The van der Waals surface area contributed by atoms with Gasteiger partial charge in [0.1, 0.15) is 0 Å². The lowest BCUT2D eigenvalue weighted by molar-refractivity contribution is 1.11. The molecule has 0 spiro atoms. The molecule has 0 aliphatic rings. The maximum absolute atomic E-state index is 7.46. The molecule has 0 atom stereocenters. The molecule has 1 aromatic carbocycles. The van der Waals surface area contributed by atoms with Gasteiger partial charge in [-0.2, -0.15) is 0 Å². The number of hydrogen-bond acceptors (Lipinski definition) is 1. The van der Waals surface area contributed by atoms with Crippen molar-refractivity contribution in [2.24, 2.45) is 0 Å². The van der Waals surface area contributed by atoms with Gasteiger partial charge in [-0.05, 0) is 43.0 Å². The molecule has 1 nitrogen and oxygen atoms in total. The van der Waals surface area contributed by atoms with Crippen molar-refractivity contribution in [3.8, 4) is 0 Å². The summed E-state index contributed by atoms with van der Waals surface area (Å²) in [6.07, 6.45) is 1.07. The smallest absolute Gasteiger partial charge is 0.0355 e. The van der Waals surface area contributed by atoms with Gasteiger partial charge in [-0.3, -0.25) is 0 Å². The molecule has 1 heteroatoms. The molecule has 0 saturated heterocycles. The third-order valence-electron chi connectivity index (χ3n) is 2.16. The first kappa shape index (κ1) is 8.98. The first-order valence-electron chi connectivity index (χ1n) is 4.30. The van der Waals surface area contributed by atoms with Crippen LogP contribution in [0.2, 0.25) is 0 Å². The SMILES string of the molecule is CCc1ccc(C(C)=N)cc1C. The molecule has 0 heterocycles. The van der Waals surface area contributed by atoms with E-state index in [4.69, 9.17) is 5.41 Å². The van der Waals surface area contributed by atoms with Crippen molar-refractivity contribution in [2.75, 3.05) is 0 Å². The number of benzene rings is 1. The van der Waals surface area contributed by atoms with Crippen LogP contribution in [0.15, 0.2) is 18.2 Å². The molecule has 1 rings (SSSR count). The first-order valence-corrected chi connectivity index (χ1v) is 4.30. The lowest BCUT2D eigenvalue weighted by Gasteiger charge is -2.04. The Morgan fingerprint density at radius 3 is 2.50 bits per heavy atom. The number of rotatable bonds is 2. The van der Waals surface area contributed by atoms with E-state index in [-0.39, 0.29) is 0 Å². The van der Waals surface area contributed by atoms with Crippen LogP contribution in [-0.2, 0) is 6.42 Å². The molecule has 1 N–H and O–H groups in total. The Bertz CT molecular complexity index is 300. The van der Waals surface area contributed by atoms with E-state index in [0.29, 0.717) is 5.71 Å². The van der Waals surface area contributed by atoms with Gasteiger partial charge in [0.15, 0.2) is 0 Å². The van der Waals surface area contributed by atoms with Crippen LogP contribution in [0.1, 0.15) is 30.5 Å². The fourth-order valence-electron chi connectivity index (χ4n) is 1.33. The molecule has 0 unspecified atom stereocenters. The van der Waals surface area contributed by atoms with Crippen LogP contribution in [-0.4, -0.2) is 5.71 Å². The molecule has 0 fully saturated rings. The van der Waals surface area contributed by atoms with Crippen molar-refractivity contribution < 1.29 is 0 Å². The van der Waals surface area contributed by atoms with Gasteiger partial charge >= 0.3 is 0 Å². The van der Waals surface area contributed by atoms with Crippen LogP contribution in [0.4, 0.5) is 0 Å². The zero-order valence-electron chi connectivity index (χ0n) is 7.94. The lowest BCUT2D eigenvalue weighted by Crippen LogP contribution is -1.94. The predicted molar refractivity (Wildman–Crippen MR) is 53.1 cm³/mol. The number of nitrogens with one attached hydrogen (secondary N) is 1. The minimum atomic E-state index is 0.640. The highest BCUT2D eigenvalue weighted by Crippen LogP contribution is 2.11. The Labute approximate surface area is 73.9 Å². The van der Waals surface area contributed by atoms with Gasteiger partial charge in [0.25, 0.3) is 0 Å². The van der Waals surface area contributed by atoms with Crippen LogP contribution >= 0.6 is 0 Å². The summed E-state index contributed by atoms with van der Waals surface area (Å²) < 4.78 is 0. The zero-order chi connectivity index (χ0) is 9.14. The molecule has 64 valence electrons. The van der Waals surface area contributed by atoms with E-state index in [1.54, 1.807) is 0 Å². The molecule has 0 aliphatic carbocycles. The molecule has 12 heavy (non-hydrogen) atoms. The Balaban J connectivity index is 3.10. The third kappa shape index (κ3) is 1.73. The summed E-state index contributed by atoms with van der Waals surface area (Å²) in [7, 11) is 0. The Hall–Kier alpha value is -1.11. The molecule has 0 aliphatic heterocycles. The van der Waals surface area contributed by atoms with Crippen molar-refractivity contribution in [2.45, 2.75) is 27.2 Å². The summed E-state index contributed by atoms with van der Waals surface area (Å²) in [5, 5.41) is 7.46. The van der Waals surface area contributed by atoms with Crippen molar-refractivity contribution in [3.63, 3.8) is 0 Å². The van der Waals surface area contributed by atoms with Crippen LogP contribution in [0.5, 0.6) is 0 Å². The maximum atomic E-state index is 7.46. The highest BCUT2D eigenvalue weighted by molar-refractivity contribution is 5.96. The van der Waals surface area contributed by atoms with E-state index in [9.17, 15) is 0 Å². The van der Waals surface area contributed by atoms with Crippen molar-refractivity contribution >= 4 is 5.71 Å². The van der Waals surface area contributed by atoms with E-state index in [2.05, 4.69) is 26.0 Å². The standard InChI is InChI=1S/C11H15N/c1-4-10-5-6-11(9(3)12)7-8(10)2/h5-7,12H,4H2,1-3H3. The van der Waals surface area contributed by atoms with Gasteiger partial charge < -0.3 is 5.41 Å². The Morgan fingerprint density at radius 1 is 1.42 bits per heavy atom. The van der Waals surface area contributed by atoms with E-state index < -0.39 is 0 Å². The highest BCUT2D eigenvalue weighted by atomic mass is 14.4. The van der Waals surface area contributed by atoms with Gasteiger partial charge in [0.05, 0.1) is 0 Å². The van der Waals surface area contributed by atoms with Crippen LogP contribution in [0.3, 0.4) is 0 Å². The molecule has 0 amide bonds. The van der Waals surface area contributed by atoms with E-state index in [1.165, 1.54) is 11.1 Å². The third-order valence-corrected chi connectivity index (χ3v) is 2.16. The molecule has 0 bridgehead atoms. The van der Waals surface area contributed by atoms with Gasteiger partial charge in [-0.15, -0.1) is 0 Å². The molecule has 1 aromatic rings. The second-order valence-corrected chi connectivity index (χ2v) is 3.12. The fourth-order valence-corrected chi connectivity index (χ4v) is 1.33. The summed E-state index contributed by atoms with van der Waals surface area (Å²) in [6.45, 7) is 6.07. The van der Waals surface area contributed by atoms with Crippen molar-refractivity contribution in [1.82, 2.24) is 0 Å². The largest absolute Gasteiger partial charge is 0.305 e. The average molecular weight is 161 g/mol. The molecule has 0 aromatic heterocycles. The minimum absolute atomic E-state index is 0.640. The second-order valence-electron chi connectivity index (χ2n) is 3.12. The summed E-state index contributed by atoms with van der Waals surface area (Å²) in [5.41, 5.74) is 4.34. The molecular formula is C11H15N.